The van der Waals surface area contributed by atoms with Crippen LogP contribution in [0.15, 0.2) is 61.2 Å². The third-order valence-corrected chi connectivity index (χ3v) is 5.48. The van der Waals surface area contributed by atoms with Gasteiger partial charge in [-0.05, 0) is 56.9 Å². The van der Waals surface area contributed by atoms with Crippen molar-refractivity contribution in [1.29, 1.82) is 0 Å². The summed E-state index contributed by atoms with van der Waals surface area (Å²) >= 11 is 0. The number of aryl methyl sites for hydroxylation is 4. The first-order valence-corrected chi connectivity index (χ1v) is 9.68. The van der Waals surface area contributed by atoms with Crippen LogP contribution in [0.5, 0.6) is 0 Å². The van der Waals surface area contributed by atoms with Gasteiger partial charge in [0, 0.05) is 19.4 Å². The van der Waals surface area contributed by atoms with Crippen molar-refractivity contribution < 1.29 is 0 Å². The van der Waals surface area contributed by atoms with Gasteiger partial charge in [-0.25, -0.2) is 0 Å². The molecule has 27 heavy (non-hydrogen) atoms. The Labute approximate surface area is 164 Å². The van der Waals surface area contributed by atoms with E-state index >= 15 is 0 Å². The summed E-state index contributed by atoms with van der Waals surface area (Å²) in [4.78, 5) is 6.78. The first kappa shape index (κ1) is 19.1. The smallest absolute Gasteiger partial charge is 0.111 e. The fourth-order valence-corrected chi connectivity index (χ4v) is 3.98. The van der Waals surface area contributed by atoms with Crippen LogP contribution in [0.2, 0.25) is 0 Å². The van der Waals surface area contributed by atoms with Crippen molar-refractivity contribution in [1.82, 2.24) is 9.80 Å². The molecule has 0 aromatic heterocycles. The van der Waals surface area contributed by atoms with E-state index in [2.05, 4.69) is 112 Å². The van der Waals surface area contributed by atoms with Crippen LogP contribution in [-0.2, 0) is 6.42 Å². The maximum absolute atomic E-state index is 4.53. The number of benzene rings is 2. The molecule has 0 radical (unpaired) electrons. The predicted molar refractivity (Wildman–Crippen MR) is 116 cm³/mol. The molecule has 142 valence electrons. The van der Waals surface area contributed by atoms with Crippen LogP contribution < -0.4 is 4.90 Å². The number of para-hydroxylation sites is 1. The van der Waals surface area contributed by atoms with E-state index in [0.717, 1.165) is 12.2 Å². The van der Waals surface area contributed by atoms with Crippen molar-refractivity contribution in [3.63, 3.8) is 0 Å². The second-order valence-electron chi connectivity index (χ2n) is 7.48. The lowest BCUT2D eigenvalue weighted by atomic mass is 10.0. The maximum atomic E-state index is 4.53. The highest BCUT2D eigenvalue weighted by Gasteiger charge is 2.28. The van der Waals surface area contributed by atoms with Crippen LogP contribution >= 0.6 is 0 Å². The Morgan fingerprint density at radius 1 is 1.07 bits per heavy atom. The number of nitrogens with zero attached hydrogens (tertiary/aromatic N) is 3. The lowest BCUT2D eigenvalue weighted by molar-refractivity contribution is 0.231. The van der Waals surface area contributed by atoms with E-state index in [0.29, 0.717) is 0 Å². The summed E-state index contributed by atoms with van der Waals surface area (Å²) < 4.78 is 0. The fourth-order valence-electron chi connectivity index (χ4n) is 3.98. The van der Waals surface area contributed by atoms with Gasteiger partial charge in [0.05, 0.1) is 11.4 Å². The predicted octanol–water partition coefficient (Wildman–Crippen LogP) is 5.85. The van der Waals surface area contributed by atoms with Crippen molar-refractivity contribution in [3.8, 4) is 0 Å². The van der Waals surface area contributed by atoms with Gasteiger partial charge in [-0.3, -0.25) is 4.90 Å². The van der Waals surface area contributed by atoms with Crippen LogP contribution in [0.1, 0.15) is 36.1 Å². The second kappa shape index (κ2) is 7.51. The third-order valence-electron chi connectivity index (χ3n) is 5.48. The number of hydrogen-bond donors (Lipinski definition) is 0. The molecule has 1 atom stereocenters. The monoisotopic (exact) mass is 361 g/mol. The Kier molecular flexibility index (Phi) is 5.31. The Balaban J connectivity index is 2.19. The van der Waals surface area contributed by atoms with E-state index in [4.69, 9.17) is 0 Å². The van der Waals surface area contributed by atoms with Crippen molar-refractivity contribution in [2.24, 2.45) is 0 Å². The summed E-state index contributed by atoms with van der Waals surface area (Å²) in [5.74, 6) is 0.971. The molecule has 0 fully saturated rings. The van der Waals surface area contributed by atoms with Crippen LogP contribution in [-0.4, -0.2) is 23.0 Å². The Morgan fingerprint density at radius 3 is 2.26 bits per heavy atom. The van der Waals surface area contributed by atoms with Crippen molar-refractivity contribution in [2.45, 2.75) is 47.2 Å². The molecule has 0 unspecified atom stereocenters. The number of hydrogen-bond acceptors (Lipinski definition) is 3. The van der Waals surface area contributed by atoms with Crippen molar-refractivity contribution in [3.05, 3.63) is 83.5 Å². The minimum atomic E-state index is 0.236. The second-order valence-corrected chi connectivity index (χ2v) is 7.48. The molecule has 0 amide bonds. The zero-order chi connectivity index (χ0) is 19.7. The average Bonchev–Trinajstić information content (AvgIpc) is 2.96. The van der Waals surface area contributed by atoms with E-state index in [-0.39, 0.29) is 6.17 Å². The molecule has 2 aromatic rings. The normalized spacial score (nSPS) is 16.1. The summed E-state index contributed by atoms with van der Waals surface area (Å²) in [5.41, 5.74) is 7.57. The van der Waals surface area contributed by atoms with Gasteiger partial charge in [0.1, 0.15) is 12.0 Å². The average molecular weight is 362 g/mol. The molecule has 0 bridgehead atoms. The topological polar surface area (TPSA) is 9.72 Å². The Bertz CT molecular complexity index is 858. The highest BCUT2D eigenvalue weighted by molar-refractivity contribution is 5.76. The molecule has 0 spiro atoms. The standard InChI is InChI=1S/C24H31N3/c1-8-22-11-9-10-12-23(22)27(21(6)26-14-13-25(7)20(26)5)24-18(3)15-17(2)16-19(24)4/h9-16,20H,6,8H2,1-5,7H3/t20-/m0/s1. The molecule has 1 heterocycles. The van der Waals surface area contributed by atoms with Gasteiger partial charge in [-0.2, -0.15) is 0 Å². The molecule has 3 heteroatoms. The summed E-state index contributed by atoms with van der Waals surface area (Å²) in [7, 11) is 2.10. The molecule has 1 aliphatic heterocycles. The molecule has 1 aliphatic rings. The van der Waals surface area contributed by atoms with Crippen LogP contribution in [0.4, 0.5) is 11.4 Å². The maximum Gasteiger partial charge on any atom is 0.111 e. The first-order valence-electron chi connectivity index (χ1n) is 9.68. The van der Waals surface area contributed by atoms with Crippen molar-refractivity contribution >= 4 is 11.4 Å². The van der Waals surface area contributed by atoms with E-state index in [1.54, 1.807) is 0 Å². The largest absolute Gasteiger partial charge is 0.359 e. The van der Waals surface area contributed by atoms with Crippen molar-refractivity contribution in [2.75, 3.05) is 11.9 Å². The van der Waals surface area contributed by atoms with E-state index in [9.17, 15) is 0 Å². The van der Waals surface area contributed by atoms with Gasteiger partial charge in [0.25, 0.3) is 0 Å². The zero-order valence-corrected chi connectivity index (χ0v) is 17.5. The molecule has 0 saturated heterocycles. The minimum absolute atomic E-state index is 0.236. The molecule has 2 aromatic carbocycles. The highest BCUT2D eigenvalue weighted by Crippen LogP contribution is 2.39. The lowest BCUT2D eigenvalue weighted by Crippen LogP contribution is -2.38. The molecule has 3 nitrogen and oxygen atoms in total. The molecule has 0 N–H and O–H groups in total. The summed E-state index contributed by atoms with van der Waals surface area (Å²) in [6, 6.07) is 13.2. The molecular weight excluding hydrogens is 330 g/mol. The first-order chi connectivity index (χ1) is 12.8. The Morgan fingerprint density at radius 2 is 1.70 bits per heavy atom. The van der Waals surface area contributed by atoms with Gasteiger partial charge in [-0.1, -0.05) is 49.4 Å². The summed E-state index contributed by atoms with van der Waals surface area (Å²) in [6.07, 6.45) is 5.44. The summed E-state index contributed by atoms with van der Waals surface area (Å²) in [5, 5.41) is 0. The zero-order valence-electron chi connectivity index (χ0n) is 17.5. The van der Waals surface area contributed by atoms with Gasteiger partial charge >= 0.3 is 0 Å². The molecule has 0 aliphatic carbocycles. The Hall–Kier alpha value is -2.68. The number of anilines is 2. The fraction of sp³-hybridized carbons (Fsp3) is 0.333. The van der Waals surface area contributed by atoms with E-state index < -0.39 is 0 Å². The lowest BCUT2D eigenvalue weighted by Gasteiger charge is -2.38. The SMILES string of the molecule is C=C(N(c1ccccc1CC)c1c(C)cc(C)cc1C)N1C=CN(C)[C@@H]1C. The minimum Gasteiger partial charge on any atom is -0.359 e. The molecule has 3 rings (SSSR count). The number of rotatable bonds is 5. The van der Waals surface area contributed by atoms with Crippen LogP contribution in [0, 0.1) is 20.8 Å². The van der Waals surface area contributed by atoms with Crippen LogP contribution in [0.3, 0.4) is 0 Å². The van der Waals surface area contributed by atoms with E-state index in [1.165, 1.54) is 33.6 Å². The van der Waals surface area contributed by atoms with Gasteiger partial charge in [0.2, 0.25) is 0 Å². The van der Waals surface area contributed by atoms with Gasteiger partial charge < -0.3 is 9.80 Å². The van der Waals surface area contributed by atoms with Crippen LogP contribution in [0.25, 0.3) is 0 Å². The summed E-state index contributed by atoms with van der Waals surface area (Å²) in [6.45, 7) is 15.5. The quantitative estimate of drug-likeness (QED) is 0.661. The third kappa shape index (κ3) is 3.46. The van der Waals surface area contributed by atoms with Gasteiger partial charge in [-0.15, -0.1) is 0 Å². The highest BCUT2D eigenvalue weighted by atomic mass is 15.4. The van der Waals surface area contributed by atoms with Gasteiger partial charge in [0.15, 0.2) is 0 Å². The van der Waals surface area contributed by atoms with E-state index in [1.807, 2.05) is 0 Å². The molecule has 0 saturated carbocycles. The molecular formula is C24H31N3.